The highest BCUT2D eigenvalue weighted by atomic mass is 32.2. The lowest BCUT2D eigenvalue weighted by Gasteiger charge is -2.43. The minimum atomic E-state index is -0.611. The van der Waals surface area contributed by atoms with E-state index in [-0.39, 0.29) is 5.92 Å². The maximum atomic E-state index is 11.4. The van der Waals surface area contributed by atoms with E-state index in [4.69, 9.17) is 0 Å². The van der Waals surface area contributed by atoms with E-state index in [1.165, 1.54) is 16.9 Å². The lowest BCUT2D eigenvalue weighted by Crippen LogP contribution is -2.45. The molecule has 27 heavy (non-hydrogen) atoms. The Labute approximate surface area is 162 Å². The summed E-state index contributed by atoms with van der Waals surface area (Å²) in [4.78, 5) is 23.8. The summed E-state index contributed by atoms with van der Waals surface area (Å²) in [5.74, 6) is 1.11. The van der Waals surface area contributed by atoms with Crippen LogP contribution < -0.4 is 5.32 Å². The Morgan fingerprint density at radius 1 is 1.19 bits per heavy atom. The molecule has 0 radical (unpaired) electrons. The first-order valence-corrected chi connectivity index (χ1v) is 10.3. The van der Waals surface area contributed by atoms with Gasteiger partial charge in [0.15, 0.2) is 5.82 Å². The van der Waals surface area contributed by atoms with Gasteiger partial charge in [0.1, 0.15) is 5.03 Å². The summed E-state index contributed by atoms with van der Waals surface area (Å²) in [6.45, 7) is 2.93. The van der Waals surface area contributed by atoms with Gasteiger partial charge in [-0.05, 0) is 48.8 Å². The molecule has 2 aliphatic heterocycles. The molecule has 2 atom stereocenters. The van der Waals surface area contributed by atoms with Crippen molar-refractivity contribution >= 4 is 29.2 Å². The van der Waals surface area contributed by atoms with Crippen LogP contribution in [0.15, 0.2) is 40.5 Å². The summed E-state index contributed by atoms with van der Waals surface area (Å²) in [6.07, 6.45) is 6.28. The fraction of sp³-hybridized carbons (Fsp3) is 0.450. The zero-order valence-electron chi connectivity index (χ0n) is 15.0. The molecule has 3 aliphatic rings. The number of aliphatic carboxylic acids is 1. The number of piperidine rings is 1. The lowest BCUT2D eigenvalue weighted by molar-refractivity contribution is -0.145. The molecule has 6 nitrogen and oxygen atoms in total. The van der Waals surface area contributed by atoms with Crippen molar-refractivity contribution < 1.29 is 9.90 Å². The van der Waals surface area contributed by atoms with Crippen LogP contribution in [0.3, 0.4) is 0 Å². The van der Waals surface area contributed by atoms with Gasteiger partial charge in [-0.15, -0.1) is 0 Å². The maximum Gasteiger partial charge on any atom is 0.306 e. The van der Waals surface area contributed by atoms with Gasteiger partial charge < -0.3 is 10.4 Å². The molecule has 2 fully saturated rings. The number of nitrogens with one attached hydrogen (secondary N) is 1. The summed E-state index contributed by atoms with van der Waals surface area (Å²) in [5, 5.41) is 13.7. The van der Waals surface area contributed by atoms with Crippen LogP contribution in [0.5, 0.6) is 0 Å². The second-order valence-electron chi connectivity index (χ2n) is 7.94. The fourth-order valence-electron chi connectivity index (χ4n) is 4.84. The fourth-order valence-corrected chi connectivity index (χ4v) is 5.71. The Kier molecular flexibility index (Phi) is 4.28. The SMILES string of the molecule is O=C(O)C1CC2CC(C1)CN(Cc1ccc3c(c1)Nc1nccnc1S3)C2. The summed E-state index contributed by atoms with van der Waals surface area (Å²) in [6, 6.07) is 6.56. The first-order chi connectivity index (χ1) is 13.1. The molecule has 2 bridgehead atoms. The number of benzene rings is 1. The zero-order valence-corrected chi connectivity index (χ0v) is 15.8. The molecule has 5 rings (SSSR count). The molecule has 140 valence electrons. The Morgan fingerprint density at radius 2 is 1.96 bits per heavy atom. The van der Waals surface area contributed by atoms with E-state index in [1.807, 2.05) is 0 Å². The highest BCUT2D eigenvalue weighted by molar-refractivity contribution is 7.99. The second kappa shape index (κ2) is 6.80. The minimum Gasteiger partial charge on any atom is -0.481 e. The summed E-state index contributed by atoms with van der Waals surface area (Å²) >= 11 is 1.65. The molecule has 1 aliphatic carbocycles. The smallest absolute Gasteiger partial charge is 0.306 e. The van der Waals surface area contributed by atoms with E-state index < -0.39 is 5.97 Å². The van der Waals surface area contributed by atoms with E-state index in [1.54, 1.807) is 24.2 Å². The van der Waals surface area contributed by atoms with E-state index in [0.717, 1.165) is 49.0 Å². The van der Waals surface area contributed by atoms with Crippen LogP contribution in [-0.2, 0) is 11.3 Å². The summed E-state index contributed by atoms with van der Waals surface area (Å²) in [5.41, 5.74) is 2.37. The van der Waals surface area contributed by atoms with Gasteiger partial charge in [0.2, 0.25) is 0 Å². The van der Waals surface area contributed by atoms with Crippen molar-refractivity contribution in [3.63, 3.8) is 0 Å². The van der Waals surface area contributed by atoms with Crippen molar-refractivity contribution in [1.82, 2.24) is 14.9 Å². The predicted molar refractivity (Wildman–Crippen MR) is 103 cm³/mol. The molecule has 2 aromatic rings. The largest absolute Gasteiger partial charge is 0.481 e. The van der Waals surface area contributed by atoms with Crippen LogP contribution in [-0.4, -0.2) is 39.0 Å². The number of carboxylic acids is 1. The average Bonchev–Trinajstić information content (AvgIpc) is 2.65. The standard InChI is InChI=1S/C20H22N4O2S/c25-20(26)15-6-13-5-14(7-15)11-24(10-13)9-12-1-2-17-16(8-12)23-18-19(27-17)22-4-3-21-18/h1-4,8,13-15H,5-7,9-11H2,(H,21,23)(H,25,26). The summed E-state index contributed by atoms with van der Waals surface area (Å²) in [7, 11) is 0. The van der Waals surface area contributed by atoms with Gasteiger partial charge in [-0.25, -0.2) is 9.97 Å². The molecule has 1 saturated heterocycles. The monoisotopic (exact) mass is 382 g/mol. The number of carboxylic acid groups (broad SMARTS) is 1. The van der Waals surface area contributed by atoms with Crippen molar-refractivity contribution in [2.24, 2.45) is 17.8 Å². The van der Waals surface area contributed by atoms with Crippen LogP contribution in [0.2, 0.25) is 0 Å². The van der Waals surface area contributed by atoms with E-state index in [0.29, 0.717) is 11.8 Å². The second-order valence-corrected chi connectivity index (χ2v) is 8.97. The number of hydrogen-bond donors (Lipinski definition) is 2. The van der Waals surface area contributed by atoms with Gasteiger partial charge in [-0.1, -0.05) is 17.8 Å². The molecule has 1 saturated carbocycles. The Balaban J connectivity index is 1.28. The maximum absolute atomic E-state index is 11.4. The molecular weight excluding hydrogens is 360 g/mol. The molecule has 2 unspecified atom stereocenters. The minimum absolute atomic E-state index is 0.137. The van der Waals surface area contributed by atoms with Gasteiger partial charge in [0.05, 0.1) is 11.6 Å². The number of nitrogens with zero attached hydrogens (tertiary/aromatic N) is 3. The van der Waals surface area contributed by atoms with E-state index in [2.05, 4.69) is 38.4 Å². The number of aromatic nitrogens is 2. The first-order valence-electron chi connectivity index (χ1n) is 9.48. The Hall–Kier alpha value is -2.12. The number of hydrogen-bond acceptors (Lipinski definition) is 6. The third kappa shape index (κ3) is 3.41. The van der Waals surface area contributed by atoms with E-state index in [9.17, 15) is 9.90 Å². The third-order valence-electron chi connectivity index (χ3n) is 5.86. The molecule has 7 heteroatoms. The Morgan fingerprint density at radius 3 is 2.74 bits per heavy atom. The van der Waals surface area contributed by atoms with Crippen LogP contribution in [0.4, 0.5) is 11.5 Å². The van der Waals surface area contributed by atoms with Crippen molar-refractivity contribution in [2.75, 3.05) is 18.4 Å². The van der Waals surface area contributed by atoms with Gasteiger partial charge in [0.25, 0.3) is 0 Å². The Bertz CT molecular complexity index is 876. The average molecular weight is 382 g/mol. The van der Waals surface area contributed by atoms with Gasteiger partial charge in [-0.3, -0.25) is 9.69 Å². The highest BCUT2D eigenvalue weighted by Gasteiger charge is 2.37. The molecule has 0 amide bonds. The predicted octanol–water partition coefficient (Wildman–Crippen LogP) is 3.62. The molecular formula is C20H22N4O2S. The van der Waals surface area contributed by atoms with Crippen LogP contribution in [0.1, 0.15) is 24.8 Å². The van der Waals surface area contributed by atoms with Gasteiger partial charge >= 0.3 is 5.97 Å². The molecule has 1 aromatic carbocycles. The zero-order chi connectivity index (χ0) is 18.4. The first kappa shape index (κ1) is 17.0. The lowest BCUT2D eigenvalue weighted by atomic mass is 9.72. The van der Waals surface area contributed by atoms with Crippen LogP contribution in [0, 0.1) is 17.8 Å². The third-order valence-corrected chi connectivity index (χ3v) is 6.93. The molecule has 0 spiro atoms. The molecule has 1 aromatic heterocycles. The molecule has 2 N–H and O–H groups in total. The van der Waals surface area contributed by atoms with Crippen molar-refractivity contribution in [1.29, 1.82) is 0 Å². The van der Waals surface area contributed by atoms with Crippen LogP contribution >= 0.6 is 11.8 Å². The topological polar surface area (TPSA) is 78.4 Å². The van der Waals surface area contributed by atoms with Crippen LogP contribution in [0.25, 0.3) is 0 Å². The molecule has 3 heterocycles. The van der Waals surface area contributed by atoms with Gasteiger partial charge in [-0.2, -0.15) is 0 Å². The number of anilines is 2. The quantitative estimate of drug-likeness (QED) is 0.716. The van der Waals surface area contributed by atoms with Crippen molar-refractivity contribution in [2.45, 2.75) is 35.7 Å². The van der Waals surface area contributed by atoms with Gasteiger partial charge in [0, 0.05) is 36.9 Å². The number of carbonyl (C=O) groups is 1. The number of rotatable bonds is 3. The van der Waals surface area contributed by atoms with Crippen molar-refractivity contribution in [3.05, 3.63) is 36.2 Å². The highest BCUT2D eigenvalue weighted by Crippen LogP contribution is 2.43. The number of fused-ring (bicyclic) bond motifs is 4. The van der Waals surface area contributed by atoms with E-state index >= 15 is 0 Å². The van der Waals surface area contributed by atoms with Crippen molar-refractivity contribution in [3.8, 4) is 0 Å². The number of likely N-dealkylation sites (tertiary alicyclic amines) is 1. The normalized spacial score (nSPS) is 26.6. The summed E-state index contributed by atoms with van der Waals surface area (Å²) < 4.78 is 0.